The van der Waals surface area contributed by atoms with Crippen LogP contribution in [0.5, 0.6) is 0 Å². The summed E-state index contributed by atoms with van der Waals surface area (Å²) in [4.78, 5) is 4.29. The topological polar surface area (TPSA) is 50.9 Å². The van der Waals surface area contributed by atoms with Gasteiger partial charge < -0.3 is 0 Å². The Hall–Kier alpha value is -0.580. The summed E-state index contributed by atoms with van der Waals surface area (Å²) in [5.41, 5.74) is 5.04. The van der Waals surface area contributed by atoms with Crippen LogP contribution < -0.4 is 11.3 Å². The van der Waals surface area contributed by atoms with Crippen LogP contribution >= 0.6 is 11.8 Å². The number of hydrogen-bond acceptors (Lipinski definition) is 4. The molecule has 1 aromatic heterocycles. The summed E-state index contributed by atoms with van der Waals surface area (Å²) < 4.78 is 0. The minimum atomic E-state index is 0.192. The monoisotopic (exact) mass is 239 g/mol. The molecule has 0 aliphatic heterocycles. The van der Waals surface area contributed by atoms with Gasteiger partial charge in [-0.15, -0.1) is 0 Å². The van der Waals surface area contributed by atoms with E-state index in [-0.39, 0.29) is 6.04 Å². The molecule has 4 heteroatoms. The van der Waals surface area contributed by atoms with Gasteiger partial charge >= 0.3 is 0 Å². The van der Waals surface area contributed by atoms with Crippen molar-refractivity contribution in [3.63, 3.8) is 0 Å². The zero-order valence-electron chi connectivity index (χ0n) is 10.2. The van der Waals surface area contributed by atoms with Gasteiger partial charge in [0.15, 0.2) is 0 Å². The SMILES string of the molecule is Cc1ccc(C(CSCC(C)C)NN)cn1. The van der Waals surface area contributed by atoms with Crippen molar-refractivity contribution in [3.8, 4) is 0 Å². The van der Waals surface area contributed by atoms with Crippen molar-refractivity contribution in [2.45, 2.75) is 26.8 Å². The lowest BCUT2D eigenvalue weighted by atomic mass is 10.1. The highest BCUT2D eigenvalue weighted by atomic mass is 32.2. The summed E-state index contributed by atoms with van der Waals surface area (Å²) in [5.74, 6) is 8.44. The molecule has 1 aromatic rings. The zero-order valence-corrected chi connectivity index (χ0v) is 11.1. The van der Waals surface area contributed by atoms with Gasteiger partial charge in [0.2, 0.25) is 0 Å². The Morgan fingerprint density at radius 2 is 2.12 bits per heavy atom. The molecule has 0 fully saturated rings. The van der Waals surface area contributed by atoms with Gasteiger partial charge in [-0.25, -0.2) is 0 Å². The van der Waals surface area contributed by atoms with Gasteiger partial charge in [-0.3, -0.25) is 16.3 Å². The summed E-state index contributed by atoms with van der Waals surface area (Å²) in [7, 11) is 0. The smallest absolute Gasteiger partial charge is 0.0565 e. The van der Waals surface area contributed by atoms with Crippen molar-refractivity contribution in [1.82, 2.24) is 10.4 Å². The fourth-order valence-corrected chi connectivity index (χ4v) is 2.48. The van der Waals surface area contributed by atoms with Crippen LogP contribution in [0.1, 0.15) is 31.1 Å². The van der Waals surface area contributed by atoms with Crippen LogP contribution in [-0.4, -0.2) is 16.5 Å². The van der Waals surface area contributed by atoms with Crippen LogP contribution in [0, 0.1) is 12.8 Å². The minimum absolute atomic E-state index is 0.192. The number of nitrogens with two attached hydrogens (primary N) is 1. The molecule has 0 saturated carbocycles. The Bertz CT molecular complexity index is 298. The van der Waals surface area contributed by atoms with Crippen molar-refractivity contribution in [2.24, 2.45) is 11.8 Å². The molecule has 0 aromatic carbocycles. The molecule has 1 atom stereocenters. The maximum Gasteiger partial charge on any atom is 0.0565 e. The van der Waals surface area contributed by atoms with E-state index in [1.54, 1.807) is 0 Å². The van der Waals surface area contributed by atoms with E-state index in [2.05, 4.69) is 30.3 Å². The van der Waals surface area contributed by atoms with Crippen LogP contribution in [0.25, 0.3) is 0 Å². The van der Waals surface area contributed by atoms with Crippen molar-refractivity contribution in [3.05, 3.63) is 29.6 Å². The zero-order chi connectivity index (χ0) is 12.0. The van der Waals surface area contributed by atoms with E-state index in [4.69, 9.17) is 5.84 Å². The lowest BCUT2D eigenvalue weighted by Crippen LogP contribution is -2.30. The van der Waals surface area contributed by atoms with Gasteiger partial charge in [-0.2, -0.15) is 11.8 Å². The second kappa shape index (κ2) is 6.89. The summed E-state index contributed by atoms with van der Waals surface area (Å²) in [6.07, 6.45) is 1.90. The van der Waals surface area contributed by atoms with E-state index in [9.17, 15) is 0 Å². The van der Waals surface area contributed by atoms with E-state index in [1.165, 1.54) is 0 Å². The highest BCUT2D eigenvalue weighted by molar-refractivity contribution is 7.99. The predicted molar refractivity (Wildman–Crippen MR) is 71.2 cm³/mol. The number of pyridine rings is 1. The number of hydrazine groups is 1. The second-order valence-electron chi connectivity index (χ2n) is 4.38. The molecule has 0 radical (unpaired) electrons. The fourth-order valence-electron chi connectivity index (χ4n) is 1.35. The number of nitrogens with one attached hydrogen (secondary N) is 1. The Labute approximate surface area is 102 Å². The van der Waals surface area contributed by atoms with Crippen LogP contribution in [0.15, 0.2) is 18.3 Å². The molecule has 0 bridgehead atoms. The van der Waals surface area contributed by atoms with Crippen LogP contribution in [0.2, 0.25) is 0 Å². The third-order valence-corrected chi connectivity index (χ3v) is 3.74. The lowest BCUT2D eigenvalue weighted by molar-refractivity contribution is 0.607. The molecule has 0 aliphatic carbocycles. The van der Waals surface area contributed by atoms with Gasteiger partial charge in [-0.1, -0.05) is 19.9 Å². The quantitative estimate of drug-likeness (QED) is 0.591. The number of hydrogen-bond donors (Lipinski definition) is 2. The van der Waals surface area contributed by atoms with Crippen LogP contribution in [0.4, 0.5) is 0 Å². The van der Waals surface area contributed by atoms with Gasteiger partial charge in [0.05, 0.1) is 6.04 Å². The van der Waals surface area contributed by atoms with E-state index < -0.39 is 0 Å². The van der Waals surface area contributed by atoms with Gasteiger partial charge in [0.1, 0.15) is 0 Å². The summed E-state index contributed by atoms with van der Waals surface area (Å²) >= 11 is 1.92. The third-order valence-electron chi connectivity index (χ3n) is 2.27. The molecule has 90 valence electrons. The number of thioether (sulfide) groups is 1. The first-order chi connectivity index (χ1) is 7.63. The standard InChI is InChI=1S/C12H21N3S/c1-9(2)7-16-8-12(15-13)11-5-4-10(3)14-6-11/h4-6,9,12,15H,7-8,13H2,1-3H3. The number of rotatable bonds is 6. The number of nitrogens with zero attached hydrogens (tertiary/aromatic N) is 1. The first-order valence-corrected chi connectivity index (χ1v) is 6.75. The van der Waals surface area contributed by atoms with Gasteiger partial charge in [0.25, 0.3) is 0 Å². The second-order valence-corrected chi connectivity index (χ2v) is 5.46. The summed E-state index contributed by atoms with van der Waals surface area (Å²) in [6.45, 7) is 6.44. The molecule has 3 N–H and O–H groups in total. The lowest BCUT2D eigenvalue weighted by Gasteiger charge is -2.16. The molecule has 0 saturated heterocycles. The molecule has 3 nitrogen and oxygen atoms in total. The molecule has 16 heavy (non-hydrogen) atoms. The molecular formula is C12H21N3S. The first kappa shape index (κ1) is 13.5. The molecule has 0 amide bonds. The average Bonchev–Trinajstić information content (AvgIpc) is 2.26. The van der Waals surface area contributed by atoms with Gasteiger partial charge in [-0.05, 0) is 30.2 Å². The van der Waals surface area contributed by atoms with Crippen molar-refractivity contribution < 1.29 is 0 Å². The largest absolute Gasteiger partial charge is 0.271 e. The predicted octanol–water partition coefficient (Wildman–Crippen LogP) is 2.28. The highest BCUT2D eigenvalue weighted by Gasteiger charge is 2.10. The average molecular weight is 239 g/mol. The Kier molecular flexibility index (Phi) is 5.80. The summed E-state index contributed by atoms with van der Waals surface area (Å²) in [5, 5.41) is 0. The summed E-state index contributed by atoms with van der Waals surface area (Å²) in [6, 6.07) is 4.30. The van der Waals surface area contributed by atoms with Crippen LogP contribution in [0.3, 0.4) is 0 Å². The van der Waals surface area contributed by atoms with E-state index in [0.717, 1.165) is 28.7 Å². The maximum absolute atomic E-state index is 5.57. The minimum Gasteiger partial charge on any atom is -0.271 e. The first-order valence-electron chi connectivity index (χ1n) is 5.60. The van der Waals surface area contributed by atoms with E-state index >= 15 is 0 Å². The molecular weight excluding hydrogens is 218 g/mol. The van der Waals surface area contributed by atoms with Crippen molar-refractivity contribution in [1.29, 1.82) is 0 Å². The fraction of sp³-hybridized carbons (Fsp3) is 0.583. The van der Waals surface area contributed by atoms with Crippen molar-refractivity contribution >= 4 is 11.8 Å². The van der Waals surface area contributed by atoms with E-state index in [0.29, 0.717) is 0 Å². The maximum atomic E-state index is 5.57. The normalized spacial score (nSPS) is 13.1. The Morgan fingerprint density at radius 1 is 1.38 bits per heavy atom. The third kappa shape index (κ3) is 4.51. The van der Waals surface area contributed by atoms with Crippen molar-refractivity contribution in [2.75, 3.05) is 11.5 Å². The number of aromatic nitrogens is 1. The molecule has 0 aliphatic rings. The van der Waals surface area contributed by atoms with Gasteiger partial charge in [0, 0.05) is 17.6 Å². The number of aryl methyl sites for hydroxylation is 1. The molecule has 0 spiro atoms. The molecule has 1 rings (SSSR count). The van der Waals surface area contributed by atoms with E-state index in [1.807, 2.05) is 30.9 Å². The molecule has 1 heterocycles. The van der Waals surface area contributed by atoms with Crippen LogP contribution in [-0.2, 0) is 0 Å². The molecule has 1 unspecified atom stereocenters. The Balaban J connectivity index is 2.50. The highest BCUT2D eigenvalue weighted by Crippen LogP contribution is 2.18. The Morgan fingerprint density at radius 3 is 2.62 bits per heavy atom.